The molecule has 1 aromatic carbocycles. The second-order valence-electron chi connectivity index (χ2n) is 5.68. The number of thiophene rings is 2. The van der Waals surface area contributed by atoms with Crippen LogP contribution in [0.25, 0.3) is 6.08 Å². The molecule has 7 heteroatoms. The number of halogens is 1. The molecule has 132 valence electrons. The molecular weight excluding hydrogens is 371 g/mol. The number of carbonyl (C=O) groups excluding carboxylic acids is 1. The van der Waals surface area contributed by atoms with Crippen molar-refractivity contribution in [1.82, 2.24) is 10.2 Å². The van der Waals surface area contributed by atoms with Crippen molar-refractivity contribution in [3.8, 4) is 10.8 Å². The smallest absolute Gasteiger partial charge is 0.322 e. The Labute approximate surface area is 158 Å². The molecule has 0 saturated carbocycles. The number of urea groups is 1. The van der Waals surface area contributed by atoms with Gasteiger partial charge in [0.15, 0.2) is 5.06 Å². The number of nitrogens with zero attached hydrogens (tertiary/aromatic N) is 1. The van der Waals surface area contributed by atoms with Crippen LogP contribution in [0.15, 0.2) is 54.0 Å². The Balaban J connectivity index is 1.32. The lowest BCUT2D eigenvalue weighted by Gasteiger charge is -2.21. The fourth-order valence-corrected chi connectivity index (χ4v) is 4.24. The van der Waals surface area contributed by atoms with Gasteiger partial charge in [0, 0.05) is 22.0 Å². The normalized spacial score (nSPS) is 12.7. The maximum absolute atomic E-state index is 13.2. The SMILES string of the molecule is O=C(NCc1ccc(Oc2cccc(F)c2)s1)N1C=Cc2ccsc2C1. The summed E-state index contributed by atoms with van der Waals surface area (Å²) >= 11 is 3.07. The average Bonchev–Trinajstić information content (AvgIpc) is 3.28. The van der Waals surface area contributed by atoms with Crippen molar-refractivity contribution < 1.29 is 13.9 Å². The minimum Gasteiger partial charge on any atom is -0.447 e. The summed E-state index contributed by atoms with van der Waals surface area (Å²) in [5.74, 6) is 0.114. The van der Waals surface area contributed by atoms with Crippen LogP contribution in [0.4, 0.5) is 9.18 Å². The highest BCUT2D eigenvalue weighted by Crippen LogP contribution is 2.30. The molecule has 0 unspecified atom stereocenters. The van der Waals surface area contributed by atoms with E-state index in [9.17, 15) is 9.18 Å². The Bertz CT molecular complexity index is 964. The first-order valence-corrected chi connectivity index (χ1v) is 9.68. The summed E-state index contributed by atoms with van der Waals surface area (Å²) < 4.78 is 18.8. The minimum atomic E-state index is -0.338. The second kappa shape index (κ2) is 7.31. The van der Waals surface area contributed by atoms with E-state index in [0.29, 0.717) is 23.9 Å². The summed E-state index contributed by atoms with van der Waals surface area (Å²) in [7, 11) is 0. The molecule has 0 atom stereocenters. The van der Waals surface area contributed by atoms with Crippen molar-refractivity contribution in [1.29, 1.82) is 0 Å². The first-order valence-electron chi connectivity index (χ1n) is 7.98. The predicted octanol–water partition coefficient (Wildman–Crippen LogP) is 5.44. The molecule has 1 N–H and O–H groups in total. The first kappa shape index (κ1) is 16.8. The number of nitrogens with one attached hydrogen (secondary N) is 1. The zero-order valence-electron chi connectivity index (χ0n) is 13.6. The van der Waals surface area contributed by atoms with Gasteiger partial charge in [-0.15, -0.1) is 22.7 Å². The summed E-state index contributed by atoms with van der Waals surface area (Å²) in [4.78, 5) is 16.1. The highest BCUT2D eigenvalue weighted by Gasteiger charge is 2.17. The van der Waals surface area contributed by atoms with E-state index in [0.717, 1.165) is 4.88 Å². The van der Waals surface area contributed by atoms with Crippen LogP contribution in [0.5, 0.6) is 10.8 Å². The van der Waals surface area contributed by atoms with Gasteiger partial charge in [0.1, 0.15) is 11.6 Å². The molecule has 0 radical (unpaired) electrons. The molecule has 4 rings (SSSR count). The number of hydrogen-bond acceptors (Lipinski definition) is 4. The first-order chi connectivity index (χ1) is 12.7. The number of carbonyl (C=O) groups is 1. The van der Waals surface area contributed by atoms with Crippen LogP contribution in [0, 0.1) is 5.82 Å². The van der Waals surface area contributed by atoms with Gasteiger partial charge in [0.2, 0.25) is 0 Å². The molecule has 1 aliphatic rings. The summed E-state index contributed by atoms with van der Waals surface area (Å²) in [5, 5.41) is 5.60. The molecule has 3 aromatic rings. The molecule has 0 aliphatic carbocycles. The third-order valence-corrected chi connectivity index (χ3v) is 5.74. The van der Waals surface area contributed by atoms with Gasteiger partial charge >= 0.3 is 6.03 Å². The van der Waals surface area contributed by atoms with Gasteiger partial charge < -0.3 is 10.1 Å². The topological polar surface area (TPSA) is 41.6 Å². The van der Waals surface area contributed by atoms with Crippen molar-refractivity contribution in [2.24, 2.45) is 0 Å². The molecule has 2 amide bonds. The van der Waals surface area contributed by atoms with E-state index in [1.807, 2.05) is 23.6 Å². The Kier molecular flexibility index (Phi) is 4.73. The van der Waals surface area contributed by atoms with Crippen LogP contribution in [0.1, 0.15) is 15.3 Å². The van der Waals surface area contributed by atoms with Crippen LogP contribution < -0.4 is 10.1 Å². The number of fused-ring (bicyclic) bond motifs is 1. The van der Waals surface area contributed by atoms with E-state index in [1.54, 1.807) is 34.6 Å². The monoisotopic (exact) mass is 386 g/mol. The number of hydrogen-bond donors (Lipinski definition) is 1. The van der Waals surface area contributed by atoms with Crippen LogP contribution in [-0.2, 0) is 13.1 Å². The van der Waals surface area contributed by atoms with Gasteiger partial charge in [0.05, 0.1) is 13.1 Å². The highest BCUT2D eigenvalue weighted by atomic mass is 32.1. The van der Waals surface area contributed by atoms with Crippen LogP contribution in [-0.4, -0.2) is 10.9 Å². The molecule has 26 heavy (non-hydrogen) atoms. The Morgan fingerprint density at radius 2 is 2.19 bits per heavy atom. The highest BCUT2D eigenvalue weighted by molar-refractivity contribution is 7.13. The zero-order chi connectivity index (χ0) is 17.9. The molecule has 1 aliphatic heterocycles. The number of benzene rings is 1. The van der Waals surface area contributed by atoms with E-state index in [2.05, 4.69) is 11.4 Å². The lowest BCUT2D eigenvalue weighted by atomic mass is 10.2. The lowest BCUT2D eigenvalue weighted by molar-refractivity contribution is 0.213. The van der Waals surface area contributed by atoms with Crippen molar-refractivity contribution in [3.63, 3.8) is 0 Å². The molecule has 0 fully saturated rings. The van der Waals surface area contributed by atoms with Gasteiger partial charge in [-0.1, -0.05) is 6.07 Å². The second-order valence-corrected chi connectivity index (χ2v) is 7.81. The number of rotatable bonds is 4. The Morgan fingerprint density at radius 3 is 3.08 bits per heavy atom. The van der Waals surface area contributed by atoms with Crippen molar-refractivity contribution >= 4 is 34.8 Å². The molecule has 2 aromatic heterocycles. The largest absolute Gasteiger partial charge is 0.447 e. The van der Waals surface area contributed by atoms with Crippen molar-refractivity contribution in [2.45, 2.75) is 13.1 Å². The summed E-state index contributed by atoms with van der Waals surface area (Å²) in [6.45, 7) is 1.01. The van der Waals surface area contributed by atoms with Crippen molar-refractivity contribution in [2.75, 3.05) is 0 Å². The van der Waals surface area contributed by atoms with Crippen LogP contribution in [0.3, 0.4) is 0 Å². The summed E-state index contributed by atoms with van der Waals surface area (Å²) in [6, 6.07) is 11.6. The third-order valence-electron chi connectivity index (χ3n) is 3.85. The summed E-state index contributed by atoms with van der Waals surface area (Å²) in [5.41, 5.74) is 1.18. The lowest BCUT2D eigenvalue weighted by Crippen LogP contribution is -2.36. The van der Waals surface area contributed by atoms with Gasteiger partial charge in [-0.2, -0.15) is 0 Å². The van der Waals surface area contributed by atoms with Crippen LogP contribution >= 0.6 is 22.7 Å². The zero-order valence-corrected chi connectivity index (χ0v) is 15.3. The van der Waals surface area contributed by atoms with Gasteiger partial charge in [-0.3, -0.25) is 4.90 Å². The molecule has 0 spiro atoms. The van der Waals surface area contributed by atoms with Gasteiger partial charge in [-0.25, -0.2) is 9.18 Å². The van der Waals surface area contributed by atoms with Crippen LogP contribution in [0.2, 0.25) is 0 Å². The minimum absolute atomic E-state index is 0.138. The van der Waals surface area contributed by atoms with Gasteiger partial charge in [0.25, 0.3) is 0 Å². The van der Waals surface area contributed by atoms with Gasteiger partial charge in [-0.05, 0) is 47.4 Å². The van der Waals surface area contributed by atoms with E-state index in [1.165, 1.54) is 33.9 Å². The standard InChI is InChI=1S/C19H15FN2O2S2/c20-14-2-1-3-15(10-14)24-18-5-4-16(26-18)11-21-19(23)22-8-6-13-7-9-25-17(13)12-22/h1-10H,11-12H2,(H,21,23). The number of ether oxygens (including phenoxy) is 1. The third kappa shape index (κ3) is 3.79. The molecule has 0 bridgehead atoms. The fourth-order valence-electron chi connectivity index (χ4n) is 2.56. The Morgan fingerprint density at radius 1 is 1.27 bits per heavy atom. The molecule has 3 heterocycles. The fraction of sp³-hybridized carbons (Fsp3) is 0.105. The van der Waals surface area contributed by atoms with E-state index in [4.69, 9.17) is 4.74 Å². The maximum Gasteiger partial charge on any atom is 0.322 e. The molecule has 0 saturated heterocycles. The molecule has 4 nitrogen and oxygen atoms in total. The summed E-state index contributed by atoms with van der Waals surface area (Å²) in [6.07, 6.45) is 3.75. The van der Waals surface area contributed by atoms with E-state index < -0.39 is 0 Å². The average molecular weight is 386 g/mol. The predicted molar refractivity (Wildman–Crippen MR) is 102 cm³/mol. The van der Waals surface area contributed by atoms with E-state index >= 15 is 0 Å². The van der Waals surface area contributed by atoms with E-state index in [-0.39, 0.29) is 11.8 Å². The number of amides is 2. The van der Waals surface area contributed by atoms with Crippen molar-refractivity contribution in [3.05, 3.63) is 75.2 Å². The quantitative estimate of drug-likeness (QED) is 0.649. The Hall–Kier alpha value is -2.64. The molecular formula is C19H15FN2O2S2. The maximum atomic E-state index is 13.2.